The standard InChI is InChI=1S/C30H28N2O4S2/c1-13-19-11-21(31-23-25(33)15-7-3-4-8-16(15)26(23)34)38-30(19)14(2)20-12-22(37-29(13)20)32-24-27(35)17-9-5-6-10-18(17)28(24)36/h11-12,15-18H,3-10H2,1-2H3. The Morgan fingerprint density at radius 2 is 0.895 bits per heavy atom. The van der Waals surface area contributed by atoms with E-state index in [2.05, 4.69) is 23.8 Å². The topological polar surface area (TPSA) is 93.0 Å². The van der Waals surface area contributed by atoms with Crippen LogP contribution < -0.4 is 0 Å². The summed E-state index contributed by atoms with van der Waals surface area (Å²) in [5.41, 5.74) is 2.43. The maximum absolute atomic E-state index is 13.0. The highest BCUT2D eigenvalue weighted by atomic mass is 32.1. The Balaban J connectivity index is 1.27. The van der Waals surface area contributed by atoms with Crippen molar-refractivity contribution in [3.8, 4) is 0 Å². The zero-order valence-electron chi connectivity index (χ0n) is 21.5. The van der Waals surface area contributed by atoms with Crippen molar-refractivity contribution in [3.05, 3.63) is 23.3 Å². The molecular formula is C30H28N2O4S2. The Labute approximate surface area is 228 Å². The number of aliphatic imine (C=N–C) groups is 2. The molecule has 2 aromatic heterocycles. The number of thiophene rings is 2. The monoisotopic (exact) mass is 544 g/mol. The van der Waals surface area contributed by atoms with E-state index in [1.807, 2.05) is 12.1 Å². The van der Waals surface area contributed by atoms with Gasteiger partial charge in [-0.25, -0.2) is 9.98 Å². The second kappa shape index (κ2) is 8.85. The van der Waals surface area contributed by atoms with Crippen LogP contribution in [-0.4, -0.2) is 34.6 Å². The van der Waals surface area contributed by atoms with Crippen LogP contribution in [0.1, 0.15) is 62.5 Å². The summed E-state index contributed by atoms with van der Waals surface area (Å²) in [6.45, 7) is 4.12. The number of rotatable bonds is 2. The molecule has 4 fully saturated rings. The van der Waals surface area contributed by atoms with Crippen molar-refractivity contribution in [1.29, 1.82) is 0 Å². The van der Waals surface area contributed by atoms with Crippen molar-refractivity contribution in [2.45, 2.75) is 65.2 Å². The maximum Gasteiger partial charge on any atom is 0.188 e. The minimum atomic E-state index is -0.180. The van der Waals surface area contributed by atoms with E-state index in [0.29, 0.717) is 10.0 Å². The van der Waals surface area contributed by atoms with Gasteiger partial charge in [-0.3, -0.25) is 19.2 Å². The van der Waals surface area contributed by atoms with Crippen molar-refractivity contribution >= 4 is 87.4 Å². The summed E-state index contributed by atoms with van der Waals surface area (Å²) in [6, 6.07) is 3.97. The zero-order valence-corrected chi connectivity index (χ0v) is 23.1. The molecule has 0 bridgehead atoms. The van der Waals surface area contributed by atoms with Crippen LogP contribution in [0.25, 0.3) is 20.2 Å². The molecule has 1 aromatic carbocycles. The van der Waals surface area contributed by atoms with E-state index < -0.39 is 0 Å². The van der Waals surface area contributed by atoms with Crippen molar-refractivity contribution in [2.75, 3.05) is 0 Å². The van der Waals surface area contributed by atoms with Gasteiger partial charge in [-0.05, 0) is 73.6 Å². The molecule has 4 saturated carbocycles. The number of Topliss-reactive ketones (excluding diaryl/α,β-unsaturated/α-hetero) is 4. The van der Waals surface area contributed by atoms with Gasteiger partial charge in [0.15, 0.2) is 34.6 Å². The summed E-state index contributed by atoms with van der Waals surface area (Å²) in [5.74, 6) is -1.03. The fourth-order valence-electron chi connectivity index (χ4n) is 7.13. The second-order valence-electron chi connectivity index (χ2n) is 11.3. The number of fused-ring (bicyclic) bond motifs is 4. The summed E-state index contributed by atoms with van der Waals surface area (Å²) >= 11 is 3.00. The average Bonchev–Trinajstić information content (AvgIpc) is 3.67. The molecule has 2 heterocycles. The summed E-state index contributed by atoms with van der Waals surface area (Å²) in [5, 5.41) is 3.47. The van der Waals surface area contributed by atoms with E-state index >= 15 is 0 Å². The molecule has 194 valence electrons. The molecule has 4 atom stereocenters. The third-order valence-electron chi connectivity index (χ3n) is 9.18. The molecule has 7 rings (SSSR count). The van der Waals surface area contributed by atoms with E-state index in [-0.39, 0.29) is 58.2 Å². The first-order chi connectivity index (χ1) is 18.3. The van der Waals surface area contributed by atoms with Gasteiger partial charge in [0.25, 0.3) is 0 Å². The van der Waals surface area contributed by atoms with E-state index in [0.717, 1.165) is 82.7 Å². The highest BCUT2D eigenvalue weighted by Crippen LogP contribution is 2.46. The first-order valence-electron chi connectivity index (χ1n) is 13.6. The highest BCUT2D eigenvalue weighted by Gasteiger charge is 2.48. The molecule has 0 N–H and O–H groups in total. The normalized spacial score (nSPS) is 27.5. The number of hydrogen-bond donors (Lipinski definition) is 0. The molecule has 4 unspecified atom stereocenters. The van der Waals surface area contributed by atoms with Gasteiger partial charge in [-0.1, -0.05) is 25.7 Å². The number of carbonyl (C=O) groups is 4. The first kappa shape index (κ1) is 24.2. The van der Waals surface area contributed by atoms with Gasteiger partial charge in [-0.15, -0.1) is 22.7 Å². The fourth-order valence-corrected chi connectivity index (χ4v) is 9.34. The predicted molar refractivity (Wildman–Crippen MR) is 152 cm³/mol. The third kappa shape index (κ3) is 3.49. The Bertz CT molecular complexity index is 1430. The average molecular weight is 545 g/mol. The molecule has 0 aliphatic heterocycles. The number of nitrogens with zero attached hydrogens (tertiary/aromatic N) is 2. The molecular weight excluding hydrogens is 516 g/mol. The Kier molecular flexibility index (Phi) is 5.64. The van der Waals surface area contributed by atoms with Gasteiger partial charge in [0.2, 0.25) is 0 Å². The van der Waals surface area contributed by atoms with Crippen molar-refractivity contribution in [2.24, 2.45) is 33.7 Å². The van der Waals surface area contributed by atoms with Crippen LogP contribution in [0, 0.1) is 37.5 Å². The van der Waals surface area contributed by atoms with Gasteiger partial charge in [-0.2, -0.15) is 0 Å². The molecule has 0 saturated heterocycles. The lowest BCUT2D eigenvalue weighted by Crippen LogP contribution is -2.21. The highest BCUT2D eigenvalue weighted by molar-refractivity contribution is 7.24. The van der Waals surface area contributed by atoms with Crippen LogP contribution in [0.2, 0.25) is 0 Å². The second-order valence-corrected chi connectivity index (χ2v) is 13.3. The molecule has 38 heavy (non-hydrogen) atoms. The summed E-state index contributed by atoms with van der Waals surface area (Å²) in [6.07, 6.45) is 7.18. The van der Waals surface area contributed by atoms with Crippen LogP contribution in [0.4, 0.5) is 10.0 Å². The summed E-state index contributed by atoms with van der Waals surface area (Å²) in [7, 11) is 0. The van der Waals surface area contributed by atoms with Gasteiger partial charge in [0.05, 0.1) is 0 Å². The molecule has 6 nitrogen and oxygen atoms in total. The van der Waals surface area contributed by atoms with Crippen LogP contribution in [0.5, 0.6) is 0 Å². The van der Waals surface area contributed by atoms with Crippen LogP contribution in [-0.2, 0) is 19.2 Å². The zero-order chi connectivity index (χ0) is 26.3. The third-order valence-corrected chi connectivity index (χ3v) is 11.5. The minimum absolute atomic E-state index is 0.0776. The van der Waals surface area contributed by atoms with Crippen molar-refractivity contribution in [3.63, 3.8) is 0 Å². The number of ketones is 4. The van der Waals surface area contributed by atoms with E-state index in [4.69, 9.17) is 0 Å². The molecule has 3 aromatic rings. The quantitative estimate of drug-likeness (QED) is 0.355. The first-order valence-corrected chi connectivity index (χ1v) is 15.3. The lowest BCUT2D eigenvalue weighted by atomic mass is 9.81. The minimum Gasteiger partial charge on any atom is -0.292 e. The summed E-state index contributed by atoms with van der Waals surface area (Å²) < 4.78 is 2.14. The number of benzene rings is 1. The molecule has 8 heteroatoms. The van der Waals surface area contributed by atoms with Crippen LogP contribution in [0.15, 0.2) is 22.1 Å². The van der Waals surface area contributed by atoms with Crippen molar-refractivity contribution < 1.29 is 19.2 Å². The smallest absolute Gasteiger partial charge is 0.188 e. The molecule has 0 amide bonds. The van der Waals surface area contributed by atoms with E-state index in [1.54, 1.807) is 0 Å². The maximum atomic E-state index is 13.0. The molecule has 4 aliphatic carbocycles. The van der Waals surface area contributed by atoms with Crippen LogP contribution >= 0.6 is 22.7 Å². The van der Waals surface area contributed by atoms with Crippen molar-refractivity contribution in [1.82, 2.24) is 0 Å². The lowest BCUT2D eigenvalue weighted by molar-refractivity contribution is -0.120. The van der Waals surface area contributed by atoms with Crippen LogP contribution in [0.3, 0.4) is 0 Å². The lowest BCUT2D eigenvalue weighted by Gasteiger charge is -2.20. The van der Waals surface area contributed by atoms with Gasteiger partial charge in [0.1, 0.15) is 10.0 Å². The Hall–Kier alpha value is -2.84. The number of carbonyl (C=O) groups excluding carboxylic acids is 4. The SMILES string of the molecule is Cc1c2cc(N=C3C(=O)C4CCCCC4C3=O)sc2c(C)c2cc(N=C3C(=O)C4CCCCC4C3=O)sc12. The molecule has 0 spiro atoms. The molecule has 4 aliphatic rings. The van der Waals surface area contributed by atoms with Gasteiger partial charge >= 0.3 is 0 Å². The molecule has 0 radical (unpaired) electrons. The number of hydrogen-bond acceptors (Lipinski definition) is 8. The van der Waals surface area contributed by atoms with Gasteiger partial charge in [0, 0.05) is 33.1 Å². The van der Waals surface area contributed by atoms with E-state index in [9.17, 15) is 19.2 Å². The fraction of sp³-hybridized carbons (Fsp3) is 0.467. The Morgan fingerprint density at radius 1 is 0.579 bits per heavy atom. The van der Waals surface area contributed by atoms with E-state index in [1.165, 1.54) is 22.7 Å². The number of aryl methyl sites for hydroxylation is 2. The predicted octanol–water partition coefficient (Wildman–Crippen LogP) is 6.79. The van der Waals surface area contributed by atoms with Gasteiger partial charge < -0.3 is 0 Å². The Morgan fingerprint density at radius 3 is 1.21 bits per heavy atom. The largest absolute Gasteiger partial charge is 0.292 e. The summed E-state index contributed by atoms with van der Waals surface area (Å²) in [4.78, 5) is 61.1.